The molecule has 0 aliphatic heterocycles. The molecule has 0 aromatic carbocycles. The van der Waals surface area contributed by atoms with E-state index in [4.69, 9.17) is 5.73 Å². The van der Waals surface area contributed by atoms with Crippen molar-refractivity contribution in [1.82, 2.24) is 14.3 Å². The van der Waals surface area contributed by atoms with Crippen molar-refractivity contribution < 1.29 is 8.42 Å². The Labute approximate surface area is 114 Å². The van der Waals surface area contributed by atoms with Crippen molar-refractivity contribution in [3.63, 3.8) is 0 Å². The van der Waals surface area contributed by atoms with Crippen molar-refractivity contribution in [1.29, 1.82) is 0 Å². The van der Waals surface area contributed by atoms with Gasteiger partial charge in [0.2, 0.25) is 16.0 Å². The molecule has 1 aromatic rings. The fourth-order valence-corrected chi connectivity index (χ4v) is 3.61. The fraction of sp³-hybridized carbons (Fsp3) is 0.667. The van der Waals surface area contributed by atoms with Crippen LogP contribution in [0.25, 0.3) is 0 Å². The molecule has 0 spiro atoms. The summed E-state index contributed by atoms with van der Waals surface area (Å²) in [5.41, 5.74) is 5.36. The van der Waals surface area contributed by atoms with E-state index in [-0.39, 0.29) is 10.8 Å². The summed E-state index contributed by atoms with van der Waals surface area (Å²) in [7, 11) is -1.89. The molecule has 2 rings (SSSR count). The van der Waals surface area contributed by atoms with E-state index < -0.39 is 10.0 Å². The molecule has 7 heteroatoms. The Balaban J connectivity index is 2.07. The second-order valence-corrected chi connectivity index (χ2v) is 7.11. The summed E-state index contributed by atoms with van der Waals surface area (Å²) < 4.78 is 26.0. The molecule has 1 heterocycles. The van der Waals surface area contributed by atoms with Crippen LogP contribution in [-0.2, 0) is 10.0 Å². The van der Waals surface area contributed by atoms with E-state index in [9.17, 15) is 8.42 Å². The molecule has 1 aliphatic rings. The Hall–Kier alpha value is -1.21. The van der Waals surface area contributed by atoms with Crippen LogP contribution in [0.2, 0.25) is 0 Å². The van der Waals surface area contributed by atoms with Gasteiger partial charge in [-0.1, -0.05) is 19.3 Å². The van der Waals surface area contributed by atoms with Crippen molar-refractivity contribution in [2.24, 2.45) is 5.92 Å². The first-order valence-electron chi connectivity index (χ1n) is 6.54. The van der Waals surface area contributed by atoms with Gasteiger partial charge in [-0.05, 0) is 18.8 Å². The molecule has 1 aromatic heterocycles. The summed E-state index contributed by atoms with van der Waals surface area (Å²) >= 11 is 0. The molecule has 1 saturated carbocycles. The van der Waals surface area contributed by atoms with E-state index in [2.05, 4.69) is 9.97 Å². The zero-order chi connectivity index (χ0) is 13.9. The van der Waals surface area contributed by atoms with Crippen LogP contribution in [0.3, 0.4) is 0 Å². The third-order valence-electron chi connectivity index (χ3n) is 3.60. The molecular weight excluding hydrogens is 264 g/mol. The van der Waals surface area contributed by atoms with Crippen LogP contribution in [0.15, 0.2) is 17.3 Å². The normalized spacial score (nSPS) is 17.8. The van der Waals surface area contributed by atoms with E-state index in [1.807, 2.05) is 0 Å². The minimum atomic E-state index is -3.50. The minimum absolute atomic E-state index is 0.0777. The fourth-order valence-electron chi connectivity index (χ4n) is 2.47. The first-order valence-corrected chi connectivity index (χ1v) is 7.98. The summed E-state index contributed by atoms with van der Waals surface area (Å²) in [6.45, 7) is 0.562. The number of nitrogens with two attached hydrogens (primary N) is 1. The van der Waals surface area contributed by atoms with E-state index in [1.54, 1.807) is 7.05 Å². The molecule has 0 amide bonds. The lowest BCUT2D eigenvalue weighted by Crippen LogP contribution is -2.32. The van der Waals surface area contributed by atoms with Crippen molar-refractivity contribution in [3.8, 4) is 0 Å². The van der Waals surface area contributed by atoms with Crippen LogP contribution in [0.1, 0.15) is 32.1 Å². The summed E-state index contributed by atoms with van der Waals surface area (Å²) in [6.07, 6.45) is 8.39. The van der Waals surface area contributed by atoms with Gasteiger partial charge < -0.3 is 5.73 Å². The molecule has 19 heavy (non-hydrogen) atoms. The summed E-state index contributed by atoms with van der Waals surface area (Å²) in [5.74, 6) is 0.539. The van der Waals surface area contributed by atoms with Crippen molar-refractivity contribution >= 4 is 16.0 Å². The lowest BCUT2D eigenvalue weighted by atomic mass is 9.89. The quantitative estimate of drug-likeness (QED) is 0.899. The van der Waals surface area contributed by atoms with Gasteiger partial charge in [0, 0.05) is 13.6 Å². The summed E-state index contributed by atoms with van der Waals surface area (Å²) in [4.78, 5) is 7.57. The number of nitrogens with zero attached hydrogens (tertiary/aromatic N) is 3. The molecule has 2 N–H and O–H groups in total. The van der Waals surface area contributed by atoms with Crippen LogP contribution in [0, 0.1) is 5.92 Å². The standard InChI is InChI=1S/C12H20N4O2S/c1-16(9-10-5-3-2-4-6-10)19(17,18)11-7-14-12(13)15-8-11/h7-8,10H,2-6,9H2,1H3,(H2,13,14,15). The Morgan fingerprint density at radius 3 is 2.42 bits per heavy atom. The smallest absolute Gasteiger partial charge is 0.245 e. The predicted molar refractivity (Wildman–Crippen MR) is 72.8 cm³/mol. The highest BCUT2D eigenvalue weighted by Crippen LogP contribution is 2.25. The summed E-state index contributed by atoms with van der Waals surface area (Å²) in [6, 6.07) is 0. The third kappa shape index (κ3) is 3.42. The number of anilines is 1. The van der Waals surface area contributed by atoms with Crippen molar-refractivity contribution in [3.05, 3.63) is 12.4 Å². The van der Waals surface area contributed by atoms with Gasteiger partial charge in [-0.15, -0.1) is 0 Å². The van der Waals surface area contributed by atoms with Crippen LogP contribution in [-0.4, -0.2) is 36.3 Å². The second-order valence-electron chi connectivity index (χ2n) is 5.07. The number of hydrogen-bond acceptors (Lipinski definition) is 5. The van der Waals surface area contributed by atoms with Gasteiger partial charge in [-0.2, -0.15) is 0 Å². The molecule has 106 valence electrons. The zero-order valence-corrected chi connectivity index (χ0v) is 11.9. The van der Waals surface area contributed by atoms with Gasteiger partial charge in [0.05, 0.1) is 12.4 Å². The average Bonchev–Trinajstić information content (AvgIpc) is 2.40. The average molecular weight is 284 g/mol. The number of hydrogen-bond donors (Lipinski definition) is 1. The number of sulfonamides is 1. The first kappa shape index (κ1) is 14.2. The van der Waals surface area contributed by atoms with Gasteiger partial charge in [0.25, 0.3) is 0 Å². The molecule has 0 saturated heterocycles. The Kier molecular flexibility index (Phi) is 4.36. The zero-order valence-electron chi connectivity index (χ0n) is 11.1. The van der Waals surface area contributed by atoms with Crippen LogP contribution < -0.4 is 5.73 Å². The first-order chi connectivity index (χ1) is 9.00. The number of aromatic nitrogens is 2. The van der Waals surface area contributed by atoms with E-state index in [0.29, 0.717) is 12.5 Å². The van der Waals surface area contributed by atoms with Gasteiger partial charge in [0.15, 0.2) is 0 Å². The maximum atomic E-state index is 12.3. The monoisotopic (exact) mass is 284 g/mol. The molecule has 6 nitrogen and oxygen atoms in total. The van der Waals surface area contributed by atoms with Gasteiger partial charge in [-0.25, -0.2) is 22.7 Å². The maximum absolute atomic E-state index is 12.3. The maximum Gasteiger partial charge on any atom is 0.245 e. The molecule has 1 aliphatic carbocycles. The molecule has 1 fully saturated rings. The Morgan fingerprint density at radius 2 is 1.84 bits per heavy atom. The highest BCUT2D eigenvalue weighted by Gasteiger charge is 2.25. The molecule has 0 unspecified atom stereocenters. The molecular formula is C12H20N4O2S. The number of rotatable bonds is 4. The second kappa shape index (κ2) is 5.83. The lowest BCUT2D eigenvalue weighted by Gasteiger charge is -2.26. The SMILES string of the molecule is CN(CC1CCCCC1)S(=O)(=O)c1cnc(N)nc1. The Bertz CT molecular complexity index is 509. The summed E-state index contributed by atoms with van der Waals surface area (Å²) in [5, 5.41) is 0. The van der Waals surface area contributed by atoms with E-state index in [1.165, 1.54) is 36.0 Å². The van der Waals surface area contributed by atoms with Crippen LogP contribution >= 0.6 is 0 Å². The molecule has 0 radical (unpaired) electrons. The van der Waals surface area contributed by atoms with Crippen LogP contribution in [0.5, 0.6) is 0 Å². The van der Waals surface area contributed by atoms with Gasteiger partial charge in [-0.3, -0.25) is 0 Å². The van der Waals surface area contributed by atoms with E-state index in [0.717, 1.165) is 12.8 Å². The highest BCUT2D eigenvalue weighted by molar-refractivity contribution is 7.89. The van der Waals surface area contributed by atoms with Crippen molar-refractivity contribution in [2.75, 3.05) is 19.3 Å². The van der Waals surface area contributed by atoms with Gasteiger partial charge in [0.1, 0.15) is 4.90 Å². The third-order valence-corrected chi connectivity index (χ3v) is 5.37. The lowest BCUT2D eigenvalue weighted by molar-refractivity contribution is 0.300. The van der Waals surface area contributed by atoms with Crippen molar-refractivity contribution in [2.45, 2.75) is 37.0 Å². The van der Waals surface area contributed by atoms with E-state index >= 15 is 0 Å². The molecule has 0 bridgehead atoms. The topological polar surface area (TPSA) is 89.2 Å². The predicted octanol–water partition coefficient (Wildman–Crippen LogP) is 1.26. The largest absolute Gasteiger partial charge is 0.368 e. The molecule has 0 atom stereocenters. The highest BCUT2D eigenvalue weighted by atomic mass is 32.2. The minimum Gasteiger partial charge on any atom is -0.368 e. The number of nitrogen functional groups attached to an aromatic ring is 1. The van der Waals surface area contributed by atoms with Crippen LogP contribution in [0.4, 0.5) is 5.95 Å². The van der Waals surface area contributed by atoms with Gasteiger partial charge >= 0.3 is 0 Å². The Morgan fingerprint density at radius 1 is 1.26 bits per heavy atom.